The Labute approximate surface area is 868 Å². The fraction of sp³-hybridized carbons (Fsp3) is 0.641. The fourth-order valence-corrected chi connectivity index (χ4v) is 12.5. The van der Waals surface area contributed by atoms with Gasteiger partial charge in [-0.1, -0.05) is 209 Å². The summed E-state index contributed by atoms with van der Waals surface area (Å²) in [6, 6.07) is 37.8. The highest BCUT2D eigenvalue weighted by Crippen LogP contribution is 2.28. The van der Waals surface area contributed by atoms with Gasteiger partial charge < -0.3 is 84.0 Å². The third kappa shape index (κ3) is 71.8. The van der Waals surface area contributed by atoms with E-state index in [2.05, 4.69) is 144 Å². The van der Waals surface area contributed by atoms with Crippen molar-refractivity contribution in [2.24, 2.45) is 47.3 Å². The van der Waals surface area contributed by atoms with Gasteiger partial charge in [0.2, 0.25) is 5.88 Å². The molecule has 1 aliphatic rings. The van der Waals surface area contributed by atoms with Crippen LogP contribution < -0.4 is 65.1 Å². The van der Waals surface area contributed by atoms with E-state index in [-0.39, 0.29) is 114 Å². The summed E-state index contributed by atoms with van der Waals surface area (Å²) in [4.78, 5) is 93.0. The lowest BCUT2D eigenvalue weighted by Gasteiger charge is -2.36. The van der Waals surface area contributed by atoms with Crippen LogP contribution in [0.15, 0.2) is 134 Å². The van der Waals surface area contributed by atoms with Gasteiger partial charge in [-0.3, -0.25) is 33.6 Å². The molecule has 0 bridgehead atoms. The standard InChI is InChI=1S/C19H31NO3.C18H29NO3.C17H26N2O3.C17H25NO2.C16H26N2O2.C15H24N2O2.C15H30O3/c1-15(2)19(21)14-22-11-6-5-7-12-23-18-10-8-9-17(13-18)20-16(3)4;1-14(2)18(20)13-21-10-5-6-11-22-17-9-7-8-16(12-17)19-15(3)4;1-11(2)16(20)10-21-14-5-6-17(18-9-14)22-15-7-13(8-15)19-12(3)4;1-13(2)17(19)9-8-15-6-5-7-16(12-15)20-11-10-18-14(3)4;1-12(2)16(19)15-8-7-14(11-18-15)20-10-6-5-9-17-13(3)4;1-11(2)15(18)14-7-6-13(10-17-14)19-9-5-8-16-12(3)4;1-13(2)8-5-6-9-17-10-7-11-18-12-15(16)14(3)4/h8-10,13,15-16,20H,5-7,11-12,14H2,1-4H3;7-9,12,14-15,19H,5-6,10-11,13H2,1-4H3;5-6,9,11-13,15,19H,7-8,10H2,1-4H3;5-9,12-14,18H,10-11H2,1-4H3;7-8,11-13,17H,5-6,9-10H2,1-4H3;6-7,10-12,16H,5,8-9H2,1-4H3;13-14H,5-12H2,1-4H3/b;;;9-8+;;;. The number of pyridine rings is 3. The molecule has 3 heterocycles. The van der Waals surface area contributed by atoms with Gasteiger partial charge in [-0.25, -0.2) is 15.0 Å². The third-order valence-electron chi connectivity index (χ3n) is 21.3. The zero-order valence-electron chi connectivity index (χ0n) is 93.6. The minimum atomic E-state index is -0.0265. The highest BCUT2D eigenvalue weighted by Gasteiger charge is 2.31. The molecule has 0 unspecified atom stereocenters. The predicted octanol–water partition coefficient (Wildman–Crippen LogP) is 23.3. The number of hydrogen-bond acceptors (Lipinski definition) is 27. The number of unbranched alkanes of at least 4 members (excludes halogenated alkanes) is 5. The first-order valence-electron chi connectivity index (χ1n) is 53.3. The quantitative estimate of drug-likeness (QED) is 0.0117. The summed E-state index contributed by atoms with van der Waals surface area (Å²) in [6.07, 6.45) is 23.0. The Morgan fingerprint density at radius 3 is 1.15 bits per heavy atom. The number of ether oxygens (including phenoxy) is 11. The van der Waals surface area contributed by atoms with E-state index in [0.29, 0.717) is 124 Å². The van der Waals surface area contributed by atoms with E-state index in [1.807, 2.05) is 182 Å². The molecular formula is C117H191N9O18. The van der Waals surface area contributed by atoms with Crippen LogP contribution >= 0.6 is 0 Å². The molecule has 1 saturated carbocycles. The lowest BCUT2D eigenvalue weighted by Crippen LogP contribution is -2.49. The molecule has 0 aliphatic heterocycles. The maximum absolute atomic E-state index is 11.7. The number of Topliss-reactive ketones (excluding diaryl/α,β-unsaturated/α-hetero) is 6. The summed E-state index contributed by atoms with van der Waals surface area (Å²) in [5, 5.41) is 20.2. The van der Waals surface area contributed by atoms with Crippen LogP contribution in [0.2, 0.25) is 0 Å². The van der Waals surface area contributed by atoms with Crippen molar-refractivity contribution in [3.63, 3.8) is 0 Å². The molecule has 7 rings (SSSR count). The normalized spacial score (nSPS) is 12.7. The lowest BCUT2D eigenvalue weighted by atomic mass is 9.89. The van der Waals surface area contributed by atoms with Crippen LogP contribution in [-0.4, -0.2) is 216 Å². The summed E-state index contributed by atoms with van der Waals surface area (Å²) in [5.74, 6) is 7.03. The van der Waals surface area contributed by atoms with Crippen LogP contribution in [0.4, 0.5) is 11.4 Å². The number of anilines is 2. The van der Waals surface area contributed by atoms with Gasteiger partial charge in [0.25, 0.3) is 0 Å². The Hall–Kier alpha value is -9.58. The second kappa shape index (κ2) is 81.5. The van der Waals surface area contributed by atoms with E-state index < -0.39 is 0 Å². The van der Waals surface area contributed by atoms with E-state index in [1.165, 1.54) is 12.8 Å². The number of aromatic nitrogens is 3. The molecule has 3 aromatic carbocycles. The van der Waals surface area contributed by atoms with Gasteiger partial charge in [0.15, 0.2) is 40.5 Å². The number of carbonyl (C=O) groups excluding carboxylic acids is 7. The molecule has 27 heteroatoms. The highest BCUT2D eigenvalue weighted by molar-refractivity contribution is 5.96. The second-order valence-electron chi connectivity index (χ2n) is 40.7. The fourth-order valence-electron chi connectivity index (χ4n) is 12.5. The molecule has 0 radical (unpaired) electrons. The molecule has 27 nitrogen and oxygen atoms in total. The van der Waals surface area contributed by atoms with E-state index in [4.69, 9.17) is 52.1 Å². The van der Waals surface area contributed by atoms with Gasteiger partial charge in [-0.05, 0) is 202 Å². The maximum Gasteiger partial charge on any atom is 0.213 e. The molecule has 1 aliphatic carbocycles. The molecule has 812 valence electrons. The Balaban J connectivity index is 0.000000841. The molecule has 0 amide bonds. The van der Waals surface area contributed by atoms with Crippen molar-refractivity contribution in [1.29, 1.82) is 0 Å². The number of carbonyl (C=O) groups is 7. The number of nitrogens with zero attached hydrogens (tertiary/aromatic N) is 3. The first-order chi connectivity index (χ1) is 68.4. The number of rotatable bonds is 68. The van der Waals surface area contributed by atoms with Crippen molar-refractivity contribution >= 4 is 57.9 Å². The topological polar surface area (TPSA) is 332 Å². The summed E-state index contributed by atoms with van der Waals surface area (Å²) in [6.45, 7) is 66.7. The summed E-state index contributed by atoms with van der Waals surface area (Å²) in [5.41, 5.74) is 4.15. The van der Waals surface area contributed by atoms with Gasteiger partial charge in [-0.15, -0.1) is 0 Å². The minimum Gasteiger partial charge on any atom is -0.494 e. The first-order valence-corrected chi connectivity index (χ1v) is 53.3. The zero-order valence-corrected chi connectivity index (χ0v) is 93.6. The molecule has 0 saturated heterocycles. The van der Waals surface area contributed by atoms with Crippen LogP contribution in [0.1, 0.15) is 310 Å². The Morgan fingerprint density at radius 1 is 0.326 bits per heavy atom. The number of ketones is 7. The van der Waals surface area contributed by atoms with E-state index in [1.54, 1.807) is 55.0 Å². The zero-order chi connectivity index (χ0) is 108. The van der Waals surface area contributed by atoms with Gasteiger partial charge in [-0.2, -0.15) is 0 Å². The van der Waals surface area contributed by atoms with E-state index in [0.717, 1.165) is 156 Å². The molecule has 0 atom stereocenters. The molecule has 6 N–H and O–H groups in total. The molecule has 3 aromatic heterocycles. The molecule has 144 heavy (non-hydrogen) atoms. The van der Waals surface area contributed by atoms with Crippen LogP contribution in [0, 0.1) is 47.3 Å². The van der Waals surface area contributed by atoms with Gasteiger partial charge in [0.05, 0.1) is 45.0 Å². The average molecular weight is 2010 g/mol. The second-order valence-corrected chi connectivity index (χ2v) is 40.7. The summed E-state index contributed by atoms with van der Waals surface area (Å²) in [7, 11) is 0. The Kier molecular flexibility index (Phi) is 75.0. The maximum atomic E-state index is 11.7. The van der Waals surface area contributed by atoms with Crippen molar-refractivity contribution in [2.75, 3.05) is 123 Å². The van der Waals surface area contributed by atoms with Crippen LogP contribution in [0.25, 0.3) is 6.08 Å². The van der Waals surface area contributed by atoms with Crippen molar-refractivity contribution in [1.82, 2.24) is 36.2 Å². The van der Waals surface area contributed by atoms with Crippen molar-refractivity contribution in [3.8, 4) is 40.4 Å². The van der Waals surface area contributed by atoms with E-state index in [9.17, 15) is 33.6 Å². The van der Waals surface area contributed by atoms with Gasteiger partial charge in [0.1, 0.15) is 85.0 Å². The number of benzene rings is 3. The largest absolute Gasteiger partial charge is 0.494 e. The number of nitrogens with one attached hydrogen (secondary N) is 6. The predicted molar refractivity (Wildman–Crippen MR) is 588 cm³/mol. The molecule has 6 aromatic rings. The van der Waals surface area contributed by atoms with Crippen LogP contribution in [0.3, 0.4) is 0 Å². The third-order valence-corrected chi connectivity index (χ3v) is 21.3. The lowest BCUT2D eigenvalue weighted by molar-refractivity contribution is -0.127. The Morgan fingerprint density at radius 2 is 0.708 bits per heavy atom. The van der Waals surface area contributed by atoms with Gasteiger partial charge in [0, 0.05) is 153 Å². The monoisotopic (exact) mass is 2010 g/mol. The first kappa shape index (κ1) is 132. The smallest absolute Gasteiger partial charge is 0.213 e. The Bertz CT molecular complexity index is 4340. The van der Waals surface area contributed by atoms with Crippen molar-refractivity contribution < 1.29 is 85.7 Å². The summed E-state index contributed by atoms with van der Waals surface area (Å²) >= 11 is 0. The molecule has 0 spiro atoms. The SMILES string of the molecule is CC(C)CCCCOCCCOCC(=O)C(C)C.CC(C)NC1CC(Oc2ccc(OCC(=O)C(C)C)cn2)C1.CC(C)NCCCCOc1ccc(C(=O)C(C)C)nc1.CC(C)NCCCOc1ccc(C(=O)C(C)C)nc1.CC(C)NCCOc1cccc(/C=C/C(=O)C(C)C)c1.CC(C)Nc1cccc(OCCCCCOCC(=O)C(C)C)c1.CC(C)Nc1cccc(OCCCCOCC(=O)C(C)C)c1. The van der Waals surface area contributed by atoms with Crippen LogP contribution in [-0.2, 0) is 42.9 Å². The number of allylic oxidation sites excluding steroid dienone is 1. The number of hydrogen-bond donors (Lipinski definition) is 6. The van der Waals surface area contributed by atoms with Crippen molar-refractivity contribution in [2.45, 2.75) is 332 Å². The van der Waals surface area contributed by atoms with Crippen LogP contribution in [0.5, 0.6) is 40.4 Å². The van der Waals surface area contributed by atoms with Gasteiger partial charge >= 0.3 is 0 Å². The van der Waals surface area contributed by atoms with Crippen molar-refractivity contribution in [3.05, 3.63) is 151 Å². The molecular weight excluding hydrogens is 1820 g/mol. The average Bonchev–Trinajstić information content (AvgIpc) is 0.840. The highest BCUT2D eigenvalue weighted by atomic mass is 16.5. The summed E-state index contributed by atoms with van der Waals surface area (Å²) < 4.78 is 61.1. The minimum absolute atomic E-state index is 0.0124. The molecule has 1 fully saturated rings. The van der Waals surface area contributed by atoms with E-state index >= 15 is 0 Å².